The maximum atomic E-state index is 13.3. The number of aliphatic hydroxyl groups excluding tert-OH is 1. The molecular weight excluding hydrogens is 238 g/mol. The second-order valence-electron chi connectivity index (χ2n) is 4.12. The van der Waals surface area contributed by atoms with Crippen molar-refractivity contribution in [1.82, 2.24) is 4.90 Å². The summed E-state index contributed by atoms with van der Waals surface area (Å²) in [5.74, 6) is -1.30. The molecule has 0 spiro atoms. The molecule has 5 heteroatoms. The van der Waals surface area contributed by atoms with Gasteiger partial charge < -0.3 is 15.3 Å². The van der Waals surface area contributed by atoms with Crippen LogP contribution in [-0.4, -0.2) is 42.3 Å². The zero-order valence-electron chi connectivity index (χ0n) is 10.8. The van der Waals surface area contributed by atoms with Gasteiger partial charge in [0.25, 0.3) is 0 Å². The Balaban J connectivity index is 2.49. The molecule has 0 saturated carbocycles. The van der Waals surface area contributed by atoms with Gasteiger partial charge in [0.15, 0.2) is 0 Å². The molecule has 102 valence electrons. The number of para-hydroxylation sites is 1. The van der Waals surface area contributed by atoms with Crippen LogP contribution in [0.5, 0.6) is 0 Å². The Kier molecular flexibility index (Phi) is 6.01. The third-order valence-electron chi connectivity index (χ3n) is 2.84. The van der Waals surface area contributed by atoms with Crippen molar-refractivity contribution in [3.05, 3.63) is 29.8 Å². The average Bonchev–Trinajstić information content (AvgIpc) is 2.35. The average molecular weight is 258 g/mol. The van der Waals surface area contributed by atoms with Crippen LogP contribution in [0.2, 0.25) is 0 Å². The summed E-state index contributed by atoms with van der Waals surface area (Å²) in [7, 11) is 0. The minimum Gasteiger partial charge on any atom is -0.390 e. The predicted molar refractivity (Wildman–Crippen MR) is 68.6 cm³/mol. The van der Waals surface area contributed by atoms with Crippen molar-refractivity contribution in [3.8, 4) is 0 Å². The molecule has 3 nitrogen and oxygen atoms in total. The Morgan fingerprint density at radius 2 is 1.78 bits per heavy atom. The molecule has 1 aromatic rings. The zero-order valence-corrected chi connectivity index (χ0v) is 10.8. The SMILES string of the molecule is CCN(CC)CC(O)CNc1c(F)cccc1F. The maximum absolute atomic E-state index is 13.3. The van der Waals surface area contributed by atoms with E-state index in [4.69, 9.17) is 0 Å². The first kappa shape index (κ1) is 14.9. The van der Waals surface area contributed by atoms with Crippen LogP contribution in [0.1, 0.15) is 13.8 Å². The van der Waals surface area contributed by atoms with Crippen LogP contribution in [-0.2, 0) is 0 Å². The molecule has 0 fully saturated rings. The first-order valence-electron chi connectivity index (χ1n) is 6.16. The number of anilines is 1. The predicted octanol–water partition coefficient (Wildman–Crippen LogP) is 2.08. The molecular formula is C13H20F2N2O. The summed E-state index contributed by atoms with van der Waals surface area (Å²) < 4.78 is 26.6. The van der Waals surface area contributed by atoms with Crippen LogP contribution in [0.15, 0.2) is 18.2 Å². The summed E-state index contributed by atoms with van der Waals surface area (Å²) in [4.78, 5) is 2.05. The molecule has 0 aliphatic rings. The first-order valence-corrected chi connectivity index (χ1v) is 6.16. The lowest BCUT2D eigenvalue weighted by molar-refractivity contribution is 0.128. The van der Waals surface area contributed by atoms with Crippen LogP contribution < -0.4 is 5.32 Å². The molecule has 0 heterocycles. The van der Waals surface area contributed by atoms with Crippen LogP contribution in [0, 0.1) is 11.6 Å². The fraction of sp³-hybridized carbons (Fsp3) is 0.538. The summed E-state index contributed by atoms with van der Waals surface area (Å²) >= 11 is 0. The molecule has 2 N–H and O–H groups in total. The normalized spacial score (nSPS) is 12.8. The number of hydrogen-bond donors (Lipinski definition) is 2. The lowest BCUT2D eigenvalue weighted by Crippen LogP contribution is -2.36. The lowest BCUT2D eigenvalue weighted by atomic mass is 10.2. The number of nitrogens with zero attached hydrogens (tertiary/aromatic N) is 1. The van der Waals surface area contributed by atoms with Gasteiger partial charge in [-0.3, -0.25) is 0 Å². The summed E-state index contributed by atoms with van der Waals surface area (Å²) in [6, 6.07) is 3.67. The van der Waals surface area contributed by atoms with E-state index in [1.165, 1.54) is 18.2 Å². The lowest BCUT2D eigenvalue weighted by Gasteiger charge is -2.22. The topological polar surface area (TPSA) is 35.5 Å². The fourth-order valence-corrected chi connectivity index (χ4v) is 1.73. The highest BCUT2D eigenvalue weighted by molar-refractivity contribution is 5.46. The second kappa shape index (κ2) is 7.28. The van der Waals surface area contributed by atoms with Crippen molar-refractivity contribution in [3.63, 3.8) is 0 Å². The van der Waals surface area contributed by atoms with E-state index < -0.39 is 17.7 Å². The largest absolute Gasteiger partial charge is 0.390 e. The van der Waals surface area contributed by atoms with E-state index in [-0.39, 0.29) is 12.2 Å². The summed E-state index contributed by atoms with van der Waals surface area (Å²) in [5, 5.41) is 12.4. The van der Waals surface area contributed by atoms with Crippen molar-refractivity contribution in [2.45, 2.75) is 20.0 Å². The highest BCUT2D eigenvalue weighted by atomic mass is 19.1. The Hall–Kier alpha value is -1.20. The molecule has 0 saturated heterocycles. The summed E-state index contributed by atoms with van der Waals surface area (Å²) in [6.45, 7) is 6.27. The van der Waals surface area contributed by atoms with E-state index >= 15 is 0 Å². The number of nitrogens with one attached hydrogen (secondary N) is 1. The van der Waals surface area contributed by atoms with E-state index in [0.29, 0.717) is 6.54 Å². The molecule has 1 rings (SSSR count). The van der Waals surface area contributed by atoms with E-state index in [9.17, 15) is 13.9 Å². The molecule has 1 unspecified atom stereocenters. The molecule has 0 aliphatic heterocycles. The molecule has 0 amide bonds. The van der Waals surface area contributed by atoms with E-state index in [1.807, 2.05) is 18.7 Å². The number of likely N-dealkylation sites (N-methyl/N-ethyl adjacent to an activating group) is 1. The minimum atomic E-state index is -0.663. The van der Waals surface area contributed by atoms with Gasteiger partial charge in [-0.25, -0.2) is 8.78 Å². The highest BCUT2D eigenvalue weighted by Crippen LogP contribution is 2.17. The quantitative estimate of drug-likeness (QED) is 0.786. The number of halogens is 2. The standard InChI is InChI=1S/C13H20F2N2O/c1-3-17(4-2)9-10(18)8-16-13-11(14)6-5-7-12(13)15/h5-7,10,16,18H,3-4,8-9H2,1-2H3. The van der Waals surface area contributed by atoms with Gasteiger partial charge >= 0.3 is 0 Å². The number of rotatable bonds is 7. The Labute approximate surface area is 106 Å². The van der Waals surface area contributed by atoms with Gasteiger partial charge in [0.2, 0.25) is 0 Å². The van der Waals surface area contributed by atoms with Gasteiger partial charge in [0.1, 0.15) is 17.3 Å². The van der Waals surface area contributed by atoms with Crippen molar-refractivity contribution >= 4 is 5.69 Å². The Bertz CT molecular complexity index is 350. The van der Waals surface area contributed by atoms with Crippen molar-refractivity contribution in [2.24, 2.45) is 0 Å². The third kappa shape index (κ3) is 4.23. The monoisotopic (exact) mass is 258 g/mol. The number of hydrogen-bond acceptors (Lipinski definition) is 3. The van der Waals surface area contributed by atoms with Gasteiger partial charge in [-0.05, 0) is 25.2 Å². The second-order valence-corrected chi connectivity index (χ2v) is 4.12. The Morgan fingerprint density at radius 1 is 1.22 bits per heavy atom. The first-order chi connectivity index (χ1) is 8.58. The number of benzene rings is 1. The minimum absolute atomic E-state index is 0.119. The third-order valence-corrected chi connectivity index (χ3v) is 2.84. The summed E-state index contributed by atoms with van der Waals surface area (Å²) in [5.41, 5.74) is -0.184. The van der Waals surface area contributed by atoms with E-state index in [0.717, 1.165) is 13.1 Å². The zero-order chi connectivity index (χ0) is 13.5. The van der Waals surface area contributed by atoms with Gasteiger partial charge in [-0.15, -0.1) is 0 Å². The van der Waals surface area contributed by atoms with Crippen molar-refractivity contribution in [1.29, 1.82) is 0 Å². The number of aliphatic hydroxyl groups is 1. The fourth-order valence-electron chi connectivity index (χ4n) is 1.73. The van der Waals surface area contributed by atoms with Crippen LogP contribution in [0.3, 0.4) is 0 Å². The molecule has 18 heavy (non-hydrogen) atoms. The molecule has 0 aromatic heterocycles. The molecule has 1 atom stereocenters. The summed E-state index contributed by atoms with van der Waals surface area (Å²) in [6.07, 6.45) is -0.663. The molecule has 0 bridgehead atoms. The van der Waals surface area contributed by atoms with Gasteiger partial charge in [-0.2, -0.15) is 0 Å². The van der Waals surface area contributed by atoms with Crippen LogP contribution in [0.4, 0.5) is 14.5 Å². The molecule has 0 aliphatic carbocycles. The van der Waals surface area contributed by atoms with E-state index in [1.54, 1.807) is 0 Å². The van der Waals surface area contributed by atoms with Gasteiger partial charge in [0.05, 0.1) is 6.10 Å². The molecule has 1 aromatic carbocycles. The Morgan fingerprint density at radius 3 is 2.28 bits per heavy atom. The van der Waals surface area contributed by atoms with Crippen LogP contribution >= 0.6 is 0 Å². The maximum Gasteiger partial charge on any atom is 0.149 e. The van der Waals surface area contributed by atoms with Gasteiger partial charge in [-0.1, -0.05) is 19.9 Å². The molecule has 0 radical (unpaired) electrons. The van der Waals surface area contributed by atoms with Crippen LogP contribution in [0.25, 0.3) is 0 Å². The highest BCUT2D eigenvalue weighted by Gasteiger charge is 2.12. The van der Waals surface area contributed by atoms with E-state index in [2.05, 4.69) is 5.32 Å². The van der Waals surface area contributed by atoms with Crippen molar-refractivity contribution < 1.29 is 13.9 Å². The smallest absolute Gasteiger partial charge is 0.149 e. The van der Waals surface area contributed by atoms with Gasteiger partial charge in [0, 0.05) is 13.1 Å². The van der Waals surface area contributed by atoms with Crippen molar-refractivity contribution in [2.75, 3.05) is 31.5 Å².